The molecule has 1 aromatic carbocycles. The van der Waals surface area contributed by atoms with Crippen LogP contribution >= 0.6 is 0 Å². The zero-order valence-corrected chi connectivity index (χ0v) is 12.1. The summed E-state index contributed by atoms with van der Waals surface area (Å²) in [6.07, 6.45) is 1.78. The van der Waals surface area contributed by atoms with Crippen molar-refractivity contribution >= 4 is 5.97 Å². The predicted octanol–water partition coefficient (Wildman–Crippen LogP) is 2.31. The van der Waals surface area contributed by atoms with Gasteiger partial charge in [-0.05, 0) is 31.5 Å². The molecule has 0 aliphatic heterocycles. The van der Waals surface area contributed by atoms with E-state index >= 15 is 0 Å². The summed E-state index contributed by atoms with van der Waals surface area (Å²) in [6.45, 7) is 5.34. The van der Waals surface area contributed by atoms with Gasteiger partial charge in [0, 0.05) is 0 Å². The zero-order valence-electron chi connectivity index (χ0n) is 12.1. The molecule has 0 saturated carbocycles. The summed E-state index contributed by atoms with van der Waals surface area (Å²) in [7, 11) is 0. The third-order valence-electron chi connectivity index (χ3n) is 2.66. The van der Waals surface area contributed by atoms with Crippen LogP contribution in [0.25, 0.3) is 0 Å². The van der Waals surface area contributed by atoms with Gasteiger partial charge >= 0.3 is 5.97 Å². The fourth-order valence-electron chi connectivity index (χ4n) is 1.61. The van der Waals surface area contributed by atoms with Crippen LogP contribution in [-0.4, -0.2) is 36.9 Å². The molecule has 0 heterocycles. The summed E-state index contributed by atoms with van der Waals surface area (Å²) in [5.74, 6) is 0.310. The highest BCUT2D eigenvalue weighted by Crippen LogP contribution is 2.26. The lowest BCUT2D eigenvalue weighted by Gasteiger charge is -2.17. The highest BCUT2D eigenvalue weighted by Gasteiger charge is 2.17. The summed E-state index contributed by atoms with van der Waals surface area (Å²) in [5, 5.41) is 12.1. The third-order valence-corrected chi connectivity index (χ3v) is 2.66. The van der Waals surface area contributed by atoms with E-state index in [2.05, 4.69) is 5.32 Å². The Morgan fingerprint density at radius 3 is 2.40 bits per heavy atom. The van der Waals surface area contributed by atoms with Crippen LogP contribution in [0.2, 0.25) is 0 Å². The molecule has 5 heteroatoms. The summed E-state index contributed by atoms with van der Waals surface area (Å²) < 4.78 is 11.2. The number of nitrogens with one attached hydrogen (secondary N) is 1. The number of rotatable bonds is 10. The first kappa shape index (κ1) is 16.3. The molecule has 20 heavy (non-hydrogen) atoms. The minimum absolute atomic E-state index is 0.0713. The SMILES string of the molecule is CCCNC(COc1ccccc1OCCC)C(=O)O. The Morgan fingerprint density at radius 2 is 1.85 bits per heavy atom. The number of hydrogen-bond acceptors (Lipinski definition) is 4. The molecule has 0 aromatic heterocycles. The normalized spacial score (nSPS) is 11.9. The molecule has 1 aromatic rings. The topological polar surface area (TPSA) is 67.8 Å². The minimum Gasteiger partial charge on any atom is -0.490 e. The van der Waals surface area contributed by atoms with Gasteiger partial charge in [0.1, 0.15) is 12.6 Å². The first-order chi connectivity index (χ1) is 9.69. The first-order valence-corrected chi connectivity index (χ1v) is 6.99. The number of hydrogen-bond donors (Lipinski definition) is 2. The van der Waals surface area contributed by atoms with E-state index < -0.39 is 12.0 Å². The van der Waals surface area contributed by atoms with Crippen molar-refractivity contribution in [2.75, 3.05) is 19.8 Å². The Hall–Kier alpha value is -1.75. The van der Waals surface area contributed by atoms with Crippen LogP contribution in [0, 0.1) is 0 Å². The Bertz CT molecular complexity index is 409. The fraction of sp³-hybridized carbons (Fsp3) is 0.533. The van der Waals surface area contributed by atoms with Crippen molar-refractivity contribution in [3.8, 4) is 11.5 Å². The Labute approximate surface area is 119 Å². The van der Waals surface area contributed by atoms with Crippen molar-refractivity contribution in [3.05, 3.63) is 24.3 Å². The lowest BCUT2D eigenvalue weighted by molar-refractivity contribution is -0.140. The van der Waals surface area contributed by atoms with Crippen molar-refractivity contribution < 1.29 is 19.4 Å². The van der Waals surface area contributed by atoms with Gasteiger partial charge in [0.15, 0.2) is 11.5 Å². The Morgan fingerprint density at radius 1 is 1.20 bits per heavy atom. The van der Waals surface area contributed by atoms with Gasteiger partial charge in [0.2, 0.25) is 0 Å². The van der Waals surface area contributed by atoms with Crippen LogP contribution < -0.4 is 14.8 Å². The summed E-state index contributed by atoms with van der Waals surface area (Å²) >= 11 is 0. The maximum absolute atomic E-state index is 11.1. The fourth-order valence-corrected chi connectivity index (χ4v) is 1.61. The number of carbonyl (C=O) groups is 1. The van der Waals surface area contributed by atoms with E-state index in [9.17, 15) is 4.79 Å². The van der Waals surface area contributed by atoms with Crippen LogP contribution in [0.5, 0.6) is 11.5 Å². The molecule has 0 radical (unpaired) electrons. The number of para-hydroxylation sites is 2. The molecule has 0 fully saturated rings. The maximum Gasteiger partial charge on any atom is 0.324 e. The second-order valence-electron chi connectivity index (χ2n) is 4.45. The Kier molecular flexibility index (Phi) is 7.50. The van der Waals surface area contributed by atoms with Gasteiger partial charge in [0.25, 0.3) is 0 Å². The van der Waals surface area contributed by atoms with Gasteiger partial charge in [-0.15, -0.1) is 0 Å². The Balaban J connectivity index is 2.60. The summed E-state index contributed by atoms with van der Waals surface area (Å²) in [5.41, 5.74) is 0. The summed E-state index contributed by atoms with van der Waals surface area (Å²) in [6, 6.07) is 6.59. The van der Waals surface area contributed by atoms with E-state index in [1.807, 2.05) is 32.0 Å². The van der Waals surface area contributed by atoms with Crippen LogP contribution in [0.1, 0.15) is 26.7 Å². The average Bonchev–Trinajstić information content (AvgIpc) is 2.45. The smallest absolute Gasteiger partial charge is 0.324 e. The first-order valence-electron chi connectivity index (χ1n) is 6.99. The van der Waals surface area contributed by atoms with Crippen LogP contribution in [0.4, 0.5) is 0 Å². The highest BCUT2D eigenvalue weighted by molar-refractivity contribution is 5.73. The molecule has 0 spiro atoms. The number of carboxylic acids is 1. The molecule has 1 atom stereocenters. The van der Waals surface area contributed by atoms with E-state index in [-0.39, 0.29) is 6.61 Å². The average molecular weight is 281 g/mol. The van der Waals surface area contributed by atoms with Crippen molar-refractivity contribution in [2.24, 2.45) is 0 Å². The van der Waals surface area contributed by atoms with Gasteiger partial charge < -0.3 is 19.9 Å². The van der Waals surface area contributed by atoms with Gasteiger partial charge in [-0.3, -0.25) is 4.79 Å². The molecular weight excluding hydrogens is 258 g/mol. The highest BCUT2D eigenvalue weighted by atomic mass is 16.5. The standard InChI is InChI=1S/C15H23NO4/c1-3-9-16-12(15(17)18)11-20-14-8-6-5-7-13(14)19-10-4-2/h5-8,12,16H,3-4,9-11H2,1-2H3,(H,17,18). The maximum atomic E-state index is 11.1. The van der Waals surface area contributed by atoms with Crippen LogP contribution in [-0.2, 0) is 4.79 Å². The number of aliphatic carboxylic acids is 1. The van der Waals surface area contributed by atoms with Gasteiger partial charge in [0.05, 0.1) is 6.61 Å². The molecule has 2 N–H and O–H groups in total. The van der Waals surface area contributed by atoms with Gasteiger partial charge in [-0.2, -0.15) is 0 Å². The van der Waals surface area contributed by atoms with Gasteiger partial charge in [-0.1, -0.05) is 26.0 Å². The van der Waals surface area contributed by atoms with E-state index in [1.165, 1.54) is 0 Å². The lowest BCUT2D eigenvalue weighted by atomic mass is 10.3. The monoisotopic (exact) mass is 281 g/mol. The van der Waals surface area contributed by atoms with E-state index in [4.69, 9.17) is 14.6 Å². The van der Waals surface area contributed by atoms with Crippen LogP contribution in [0.3, 0.4) is 0 Å². The van der Waals surface area contributed by atoms with E-state index in [0.29, 0.717) is 24.7 Å². The molecule has 1 unspecified atom stereocenters. The van der Waals surface area contributed by atoms with E-state index in [1.54, 1.807) is 6.07 Å². The van der Waals surface area contributed by atoms with Crippen molar-refractivity contribution in [3.63, 3.8) is 0 Å². The number of carboxylic acid groups (broad SMARTS) is 1. The van der Waals surface area contributed by atoms with Crippen molar-refractivity contribution in [1.29, 1.82) is 0 Å². The van der Waals surface area contributed by atoms with E-state index in [0.717, 1.165) is 12.8 Å². The second kappa shape index (κ2) is 9.20. The molecular formula is C15H23NO4. The van der Waals surface area contributed by atoms with Crippen molar-refractivity contribution in [2.45, 2.75) is 32.7 Å². The molecule has 0 bridgehead atoms. The number of ether oxygens (including phenoxy) is 2. The van der Waals surface area contributed by atoms with Gasteiger partial charge in [-0.25, -0.2) is 0 Å². The van der Waals surface area contributed by atoms with Crippen LogP contribution in [0.15, 0.2) is 24.3 Å². The molecule has 0 saturated heterocycles. The minimum atomic E-state index is -0.912. The largest absolute Gasteiger partial charge is 0.490 e. The summed E-state index contributed by atoms with van der Waals surface area (Å²) in [4.78, 5) is 11.1. The molecule has 1 rings (SSSR count). The zero-order chi connectivity index (χ0) is 14.8. The van der Waals surface area contributed by atoms with Crippen molar-refractivity contribution in [1.82, 2.24) is 5.32 Å². The number of benzene rings is 1. The predicted molar refractivity (Wildman–Crippen MR) is 77.4 cm³/mol. The molecule has 0 amide bonds. The second-order valence-corrected chi connectivity index (χ2v) is 4.45. The molecule has 112 valence electrons. The lowest BCUT2D eigenvalue weighted by Crippen LogP contribution is -2.41. The molecule has 5 nitrogen and oxygen atoms in total. The third kappa shape index (κ3) is 5.48. The quantitative estimate of drug-likeness (QED) is 0.689. The molecule has 0 aliphatic rings. The molecule has 0 aliphatic carbocycles.